The molecule has 0 radical (unpaired) electrons. The highest BCUT2D eigenvalue weighted by Crippen LogP contribution is 2.13. The van der Waals surface area contributed by atoms with Gasteiger partial charge in [-0.1, -0.05) is 12.1 Å². The summed E-state index contributed by atoms with van der Waals surface area (Å²) in [4.78, 5) is 0. The van der Waals surface area contributed by atoms with Crippen LogP contribution in [0.25, 0.3) is 0 Å². The molecule has 0 aliphatic carbocycles. The molecule has 2 rings (SSSR count). The molecule has 1 aliphatic heterocycles. The molecule has 0 aromatic heterocycles. The first-order valence-electron chi connectivity index (χ1n) is 5.88. The van der Waals surface area contributed by atoms with Crippen molar-refractivity contribution >= 4 is 0 Å². The van der Waals surface area contributed by atoms with E-state index >= 15 is 0 Å². The van der Waals surface area contributed by atoms with E-state index < -0.39 is 0 Å². The average Bonchev–Trinajstić information content (AvgIpc) is 2.68. The molecule has 2 atom stereocenters. The lowest BCUT2D eigenvalue weighted by atomic mass is 10.1. The molecular formula is C13H19NO2. The fourth-order valence-electron chi connectivity index (χ4n) is 2.06. The van der Waals surface area contributed by atoms with E-state index in [1.165, 1.54) is 5.56 Å². The van der Waals surface area contributed by atoms with Gasteiger partial charge < -0.3 is 15.2 Å². The second kappa shape index (κ2) is 5.32. The molecule has 0 bridgehead atoms. The largest absolute Gasteiger partial charge is 0.508 e. The summed E-state index contributed by atoms with van der Waals surface area (Å²) in [5.41, 5.74) is 1.25. The van der Waals surface area contributed by atoms with Gasteiger partial charge in [-0.3, -0.25) is 0 Å². The molecule has 3 heteroatoms. The van der Waals surface area contributed by atoms with Gasteiger partial charge in [0.05, 0.1) is 6.10 Å². The van der Waals surface area contributed by atoms with Gasteiger partial charge in [0.15, 0.2) is 0 Å². The minimum absolute atomic E-state index is 0.328. The summed E-state index contributed by atoms with van der Waals surface area (Å²) < 4.78 is 5.49. The Bertz CT molecular complexity index is 323. The smallest absolute Gasteiger partial charge is 0.115 e. The summed E-state index contributed by atoms with van der Waals surface area (Å²) >= 11 is 0. The number of phenols is 1. The second-order valence-corrected chi connectivity index (χ2v) is 4.34. The Kier molecular flexibility index (Phi) is 3.80. The fraction of sp³-hybridized carbons (Fsp3) is 0.538. The summed E-state index contributed by atoms with van der Waals surface area (Å²) in [5.74, 6) is 0.328. The Morgan fingerprint density at radius 2 is 2.12 bits per heavy atom. The van der Waals surface area contributed by atoms with Gasteiger partial charge in [-0.05, 0) is 44.0 Å². The third-order valence-corrected chi connectivity index (χ3v) is 3.13. The molecule has 1 aromatic carbocycles. The van der Waals surface area contributed by atoms with E-state index in [1.807, 2.05) is 12.1 Å². The van der Waals surface area contributed by atoms with Crippen LogP contribution in [0.2, 0.25) is 0 Å². The molecule has 88 valence electrons. The zero-order valence-electron chi connectivity index (χ0n) is 9.65. The van der Waals surface area contributed by atoms with Crippen LogP contribution in [-0.2, 0) is 11.2 Å². The molecule has 0 amide bonds. The van der Waals surface area contributed by atoms with Gasteiger partial charge in [-0.2, -0.15) is 0 Å². The summed E-state index contributed by atoms with van der Waals surface area (Å²) in [7, 11) is 0. The van der Waals surface area contributed by atoms with Crippen molar-refractivity contribution in [2.75, 3.05) is 13.2 Å². The van der Waals surface area contributed by atoms with E-state index in [0.717, 1.165) is 26.0 Å². The molecule has 1 aliphatic rings. The van der Waals surface area contributed by atoms with Crippen molar-refractivity contribution in [2.24, 2.45) is 0 Å². The molecule has 3 nitrogen and oxygen atoms in total. The molecule has 16 heavy (non-hydrogen) atoms. The molecule has 2 unspecified atom stereocenters. The van der Waals surface area contributed by atoms with E-state index in [2.05, 4.69) is 12.2 Å². The van der Waals surface area contributed by atoms with Gasteiger partial charge in [-0.25, -0.2) is 0 Å². The van der Waals surface area contributed by atoms with Crippen LogP contribution in [0.4, 0.5) is 0 Å². The van der Waals surface area contributed by atoms with Crippen LogP contribution in [0.1, 0.15) is 18.9 Å². The van der Waals surface area contributed by atoms with Crippen LogP contribution >= 0.6 is 0 Å². The Morgan fingerprint density at radius 1 is 1.38 bits per heavy atom. The summed E-state index contributed by atoms with van der Waals surface area (Å²) in [6, 6.07) is 7.89. The number of nitrogens with one attached hydrogen (secondary N) is 1. The Labute approximate surface area is 96.4 Å². The third kappa shape index (κ3) is 2.97. The lowest BCUT2D eigenvalue weighted by molar-refractivity contribution is 0.113. The second-order valence-electron chi connectivity index (χ2n) is 4.34. The van der Waals surface area contributed by atoms with Gasteiger partial charge in [0.1, 0.15) is 5.75 Å². The minimum Gasteiger partial charge on any atom is -0.508 e. The van der Waals surface area contributed by atoms with Crippen LogP contribution in [0.5, 0.6) is 5.75 Å². The van der Waals surface area contributed by atoms with Crippen LogP contribution in [0.15, 0.2) is 24.3 Å². The van der Waals surface area contributed by atoms with Gasteiger partial charge in [-0.15, -0.1) is 0 Å². The molecule has 0 spiro atoms. The lowest BCUT2D eigenvalue weighted by Crippen LogP contribution is -2.35. The van der Waals surface area contributed by atoms with E-state index in [1.54, 1.807) is 12.1 Å². The third-order valence-electron chi connectivity index (χ3n) is 3.13. The molecule has 2 N–H and O–H groups in total. The Hall–Kier alpha value is -1.06. The molecular weight excluding hydrogens is 202 g/mol. The van der Waals surface area contributed by atoms with E-state index in [-0.39, 0.29) is 0 Å². The SMILES string of the molecule is CC1OCCC1NCCc1ccc(O)cc1. The maximum absolute atomic E-state index is 9.16. The van der Waals surface area contributed by atoms with Gasteiger partial charge in [0.2, 0.25) is 0 Å². The number of benzene rings is 1. The van der Waals surface area contributed by atoms with Gasteiger partial charge in [0, 0.05) is 12.6 Å². The first kappa shape index (κ1) is 11.4. The standard InChI is InChI=1S/C13H19NO2/c1-10-13(7-9-16-10)14-8-6-11-2-4-12(15)5-3-11/h2-5,10,13-15H,6-9H2,1H3. The normalized spacial score (nSPS) is 24.8. The zero-order valence-corrected chi connectivity index (χ0v) is 9.65. The van der Waals surface area contributed by atoms with Crippen molar-refractivity contribution in [2.45, 2.75) is 31.9 Å². The number of hydrogen-bond donors (Lipinski definition) is 2. The van der Waals surface area contributed by atoms with E-state index in [4.69, 9.17) is 9.84 Å². The highest BCUT2D eigenvalue weighted by Gasteiger charge is 2.22. The number of rotatable bonds is 4. The molecule has 1 fully saturated rings. The highest BCUT2D eigenvalue weighted by atomic mass is 16.5. The molecule has 1 heterocycles. The first-order valence-corrected chi connectivity index (χ1v) is 5.88. The van der Waals surface area contributed by atoms with E-state index in [0.29, 0.717) is 17.9 Å². The summed E-state index contributed by atoms with van der Waals surface area (Å²) in [5, 5.41) is 12.7. The summed E-state index contributed by atoms with van der Waals surface area (Å²) in [6.07, 6.45) is 2.43. The fourth-order valence-corrected chi connectivity index (χ4v) is 2.06. The minimum atomic E-state index is 0.328. The molecule has 1 aromatic rings. The number of phenolic OH excluding ortho intramolecular Hbond substituents is 1. The van der Waals surface area contributed by atoms with Crippen molar-refractivity contribution in [3.8, 4) is 5.75 Å². The number of ether oxygens (including phenoxy) is 1. The number of hydrogen-bond acceptors (Lipinski definition) is 3. The highest BCUT2D eigenvalue weighted by molar-refractivity contribution is 5.25. The van der Waals surface area contributed by atoms with Crippen molar-refractivity contribution in [3.05, 3.63) is 29.8 Å². The van der Waals surface area contributed by atoms with E-state index in [9.17, 15) is 0 Å². The van der Waals surface area contributed by atoms with Gasteiger partial charge >= 0.3 is 0 Å². The monoisotopic (exact) mass is 221 g/mol. The van der Waals surface area contributed by atoms with Crippen LogP contribution < -0.4 is 5.32 Å². The predicted octanol–water partition coefficient (Wildman–Crippen LogP) is 1.70. The maximum atomic E-state index is 9.16. The first-order chi connectivity index (χ1) is 7.75. The lowest BCUT2D eigenvalue weighted by Gasteiger charge is -2.15. The van der Waals surface area contributed by atoms with Crippen molar-refractivity contribution in [1.29, 1.82) is 0 Å². The molecule has 0 saturated carbocycles. The average molecular weight is 221 g/mol. The van der Waals surface area contributed by atoms with Crippen LogP contribution in [-0.4, -0.2) is 30.4 Å². The summed E-state index contributed by atoms with van der Waals surface area (Å²) in [6.45, 7) is 3.95. The Balaban J connectivity index is 1.73. The van der Waals surface area contributed by atoms with Crippen LogP contribution in [0, 0.1) is 0 Å². The Morgan fingerprint density at radius 3 is 2.75 bits per heavy atom. The zero-order chi connectivity index (χ0) is 11.4. The predicted molar refractivity (Wildman–Crippen MR) is 63.6 cm³/mol. The molecule has 1 saturated heterocycles. The van der Waals surface area contributed by atoms with Crippen molar-refractivity contribution in [1.82, 2.24) is 5.32 Å². The topological polar surface area (TPSA) is 41.5 Å². The quantitative estimate of drug-likeness (QED) is 0.813. The maximum Gasteiger partial charge on any atom is 0.115 e. The van der Waals surface area contributed by atoms with Crippen LogP contribution in [0.3, 0.4) is 0 Å². The van der Waals surface area contributed by atoms with Crippen molar-refractivity contribution < 1.29 is 9.84 Å². The van der Waals surface area contributed by atoms with Crippen molar-refractivity contribution in [3.63, 3.8) is 0 Å². The number of aromatic hydroxyl groups is 1. The van der Waals surface area contributed by atoms with Gasteiger partial charge in [0.25, 0.3) is 0 Å².